The first-order chi connectivity index (χ1) is 6.31. The van der Waals surface area contributed by atoms with Crippen LogP contribution in [0.3, 0.4) is 0 Å². The molecule has 1 saturated heterocycles. The van der Waals surface area contributed by atoms with Gasteiger partial charge < -0.3 is 4.74 Å². The standard InChI is InChI=1S/C12H22O/c1-3-4-5-9(2)10-6-7-11-12(8-10)13-11/h9-12H,3-8H2,1-2H3. The van der Waals surface area contributed by atoms with E-state index >= 15 is 0 Å². The van der Waals surface area contributed by atoms with Gasteiger partial charge in [-0.15, -0.1) is 0 Å². The van der Waals surface area contributed by atoms with Crippen molar-refractivity contribution in [1.29, 1.82) is 0 Å². The van der Waals surface area contributed by atoms with Gasteiger partial charge in [0.1, 0.15) is 0 Å². The molecule has 1 aliphatic carbocycles. The number of epoxide rings is 1. The predicted molar refractivity (Wildman–Crippen MR) is 54.7 cm³/mol. The van der Waals surface area contributed by atoms with E-state index < -0.39 is 0 Å². The molecular formula is C12H22O. The maximum atomic E-state index is 5.56. The predicted octanol–water partition coefficient (Wildman–Crippen LogP) is 3.38. The number of hydrogen-bond donors (Lipinski definition) is 0. The van der Waals surface area contributed by atoms with Crippen molar-refractivity contribution in [3.05, 3.63) is 0 Å². The van der Waals surface area contributed by atoms with Crippen molar-refractivity contribution in [1.82, 2.24) is 0 Å². The minimum atomic E-state index is 0.669. The first-order valence-electron chi connectivity index (χ1n) is 5.96. The van der Waals surface area contributed by atoms with Crippen LogP contribution in [0, 0.1) is 11.8 Å². The van der Waals surface area contributed by atoms with Crippen molar-refractivity contribution in [2.45, 2.75) is 64.6 Å². The van der Waals surface area contributed by atoms with Crippen LogP contribution in [-0.2, 0) is 4.74 Å². The monoisotopic (exact) mass is 182 g/mol. The van der Waals surface area contributed by atoms with E-state index in [1.54, 1.807) is 0 Å². The lowest BCUT2D eigenvalue weighted by Gasteiger charge is -2.25. The van der Waals surface area contributed by atoms with E-state index in [1.165, 1.54) is 38.5 Å². The first kappa shape index (κ1) is 9.51. The van der Waals surface area contributed by atoms with Crippen LogP contribution < -0.4 is 0 Å². The van der Waals surface area contributed by atoms with E-state index in [1.807, 2.05) is 0 Å². The van der Waals surface area contributed by atoms with Crippen LogP contribution in [0.15, 0.2) is 0 Å². The zero-order chi connectivity index (χ0) is 9.26. The summed E-state index contributed by atoms with van der Waals surface area (Å²) in [6.45, 7) is 4.72. The Morgan fingerprint density at radius 1 is 1.31 bits per heavy atom. The SMILES string of the molecule is CCCCC(C)C1CCC2OC2C1. The second-order valence-corrected chi connectivity index (χ2v) is 4.91. The van der Waals surface area contributed by atoms with Gasteiger partial charge in [0.05, 0.1) is 12.2 Å². The van der Waals surface area contributed by atoms with Crippen LogP contribution in [0.25, 0.3) is 0 Å². The van der Waals surface area contributed by atoms with E-state index in [0.29, 0.717) is 12.2 Å². The number of fused-ring (bicyclic) bond motifs is 1. The minimum Gasteiger partial charge on any atom is -0.370 e. The van der Waals surface area contributed by atoms with Gasteiger partial charge in [-0.25, -0.2) is 0 Å². The van der Waals surface area contributed by atoms with E-state index in [9.17, 15) is 0 Å². The van der Waals surface area contributed by atoms with Crippen LogP contribution in [-0.4, -0.2) is 12.2 Å². The molecule has 1 saturated carbocycles. The largest absolute Gasteiger partial charge is 0.370 e. The number of unbranched alkanes of at least 4 members (excludes halogenated alkanes) is 1. The third-order valence-electron chi connectivity index (χ3n) is 3.86. The molecular weight excluding hydrogens is 160 g/mol. The summed E-state index contributed by atoms with van der Waals surface area (Å²) < 4.78 is 5.56. The smallest absolute Gasteiger partial charge is 0.0844 e. The average Bonchev–Trinajstić information content (AvgIpc) is 2.91. The fourth-order valence-corrected chi connectivity index (χ4v) is 2.71. The van der Waals surface area contributed by atoms with Crippen LogP contribution in [0.4, 0.5) is 0 Å². The van der Waals surface area contributed by atoms with Gasteiger partial charge in [-0.2, -0.15) is 0 Å². The molecule has 0 bridgehead atoms. The normalized spacial score (nSPS) is 39.7. The lowest BCUT2D eigenvalue weighted by molar-refractivity contribution is 0.263. The van der Waals surface area contributed by atoms with Gasteiger partial charge in [0, 0.05) is 0 Å². The number of hydrogen-bond acceptors (Lipinski definition) is 1. The third kappa shape index (κ3) is 2.25. The summed E-state index contributed by atoms with van der Waals surface area (Å²) in [5.74, 6) is 1.90. The molecule has 4 atom stereocenters. The van der Waals surface area contributed by atoms with Gasteiger partial charge in [-0.1, -0.05) is 33.1 Å². The Hall–Kier alpha value is -0.0400. The fraction of sp³-hybridized carbons (Fsp3) is 1.00. The van der Waals surface area contributed by atoms with Gasteiger partial charge in [0.2, 0.25) is 0 Å². The highest BCUT2D eigenvalue weighted by atomic mass is 16.6. The molecule has 2 fully saturated rings. The van der Waals surface area contributed by atoms with E-state index in [-0.39, 0.29) is 0 Å². The highest BCUT2D eigenvalue weighted by molar-refractivity contribution is 4.92. The summed E-state index contributed by atoms with van der Waals surface area (Å²) in [7, 11) is 0. The van der Waals surface area contributed by atoms with Crippen LogP contribution in [0.1, 0.15) is 52.4 Å². The molecule has 0 spiro atoms. The van der Waals surface area contributed by atoms with Gasteiger partial charge in [0.25, 0.3) is 0 Å². The molecule has 1 aliphatic heterocycles. The Morgan fingerprint density at radius 3 is 2.85 bits per heavy atom. The zero-order valence-corrected chi connectivity index (χ0v) is 8.96. The Morgan fingerprint density at radius 2 is 2.15 bits per heavy atom. The summed E-state index contributed by atoms with van der Waals surface area (Å²) in [6.07, 6.45) is 9.65. The summed E-state index contributed by atoms with van der Waals surface area (Å²) >= 11 is 0. The highest BCUT2D eigenvalue weighted by Gasteiger charge is 2.44. The van der Waals surface area contributed by atoms with Gasteiger partial charge in [-0.3, -0.25) is 0 Å². The quantitative estimate of drug-likeness (QED) is 0.607. The first-order valence-corrected chi connectivity index (χ1v) is 5.96. The molecule has 1 heterocycles. The molecule has 0 amide bonds. The average molecular weight is 182 g/mol. The number of ether oxygens (including phenoxy) is 1. The molecule has 0 radical (unpaired) electrons. The van der Waals surface area contributed by atoms with E-state index in [2.05, 4.69) is 13.8 Å². The summed E-state index contributed by atoms with van der Waals surface area (Å²) in [5.41, 5.74) is 0. The molecule has 4 unspecified atom stereocenters. The Balaban J connectivity index is 1.72. The molecule has 0 N–H and O–H groups in total. The van der Waals surface area contributed by atoms with Crippen LogP contribution in [0.2, 0.25) is 0 Å². The second-order valence-electron chi connectivity index (χ2n) is 4.91. The van der Waals surface area contributed by atoms with Gasteiger partial charge in [-0.05, 0) is 31.1 Å². The molecule has 76 valence electrons. The van der Waals surface area contributed by atoms with Crippen molar-refractivity contribution in [3.8, 4) is 0 Å². The lowest BCUT2D eigenvalue weighted by atomic mass is 9.79. The van der Waals surface area contributed by atoms with Gasteiger partial charge >= 0.3 is 0 Å². The Labute approximate surface area is 81.9 Å². The molecule has 0 aromatic rings. The van der Waals surface area contributed by atoms with Crippen molar-refractivity contribution in [3.63, 3.8) is 0 Å². The number of rotatable bonds is 4. The van der Waals surface area contributed by atoms with Gasteiger partial charge in [0.15, 0.2) is 0 Å². The summed E-state index contributed by atoms with van der Waals surface area (Å²) in [6, 6.07) is 0. The topological polar surface area (TPSA) is 12.5 Å². The summed E-state index contributed by atoms with van der Waals surface area (Å²) in [4.78, 5) is 0. The zero-order valence-electron chi connectivity index (χ0n) is 8.96. The van der Waals surface area contributed by atoms with Crippen molar-refractivity contribution in [2.75, 3.05) is 0 Å². The molecule has 2 aliphatic rings. The second kappa shape index (κ2) is 4.00. The molecule has 1 nitrogen and oxygen atoms in total. The molecule has 13 heavy (non-hydrogen) atoms. The third-order valence-corrected chi connectivity index (χ3v) is 3.86. The van der Waals surface area contributed by atoms with E-state index in [0.717, 1.165) is 11.8 Å². The fourth-order valence-electron chi connectivity index (χ4n) is 2.71. The van der Waals surface area contributed by atoms with E-state index in [4.69, 9.17) is 4.74 Å². The molecule has 0 aromatic carbocycles. The van der Waals surface area contributed by atoms with Crippen molar-refractivity contribution in [2.24, 2.45) is 11.8 Å². The molecule has 0 aromatic heterocycles. The highest BCUT2D eigenvalue weighted by Crippen LogP contribution is 2.42. The Bertz CT molecular complexity index is 167. The van der Waals surface area contributed by atoms with Crippen molar-refractivity contribution < 1.29 is 4.74 Å². The van der Waals surface area contributed by atoms with Crippen LogP contribution in [0.5, 0.6) is 0 Å². The molecule has 2 rings (SSSR count). The maximum Gasteiger partial charge on any atom is 0.0844 e. The maximum absolute atomic E-state index is 5.56. The summed E-state index contributed by atoms with van der Waals surface area (Å²) in [5, 5.41) is 0. The minimum absolute atomic E-state index is 0.669. The Kier molecular flexibility index (Phi) is 2.92. The lowest BCUT2D eigenvalue weighted by Crippen LogP contribution is -2.19. The molecule has 1 heteroatoms. The van der Waals surface area contributed by atoms with Crippen LogP contribution >= 0.6 is 0 Å². The van der Waals surface area contributed by atoms with Crippen molar-refractivity contribution >= 4 is 0 Å².